The van der Waals surface area contributed by atoms with Gasteiger partial charge in [-0.15, -0.1) is 0 Å². The van der Waals surface area contributed by atoms with Crippen LogP contribution < -0.4 is 5.73 Å². The molecule has 0 radical (unpaired) electrons. The van der Waals surface area contributed by atoms with Crippen LogP contribution >= 0.6 is 0 Å². The molecule has 2 atom stereocenters. The van der Waals surface area contributed by atoms with Crippen molar-refractivity contribution >= 4 is 5.97 Å². The van der Waals surface area contributed by atoms with Crippen molar-refractivity contribution in [2.24, 2.45) is 5.73 Å². The second-order valence-electron chi connectivity index (χ2n) is 3.89. The summed E-state index contributed by atoms with van der Waals surface area (Å²) >= 11 is 0. The summed E-state index contributed by atoms with van der Waals surface area (Å²) in [4.78, 5) is 13.0. The number of nitrogens with two attached hydrogens (primary N) is 1. The Labute approximate surface area is 85.1 Å². The summed E-state index contributed by atoms with van der Waals surface area (Å²) in [5.74, 6) is -0.784. The molecule has 1 rings (SSSR count). The van der Waals surface area contributed by atoms with E-state index >= 15 is 0 Å². The highest BCUT2D eigenvalue weighted by atomic mass is 16.4. The molecule has 0 aromatic heterocycles. The van der Waals surface area contributed by atoms with E-state index in [1.165, 1.54) is 6.42 Å². The number of piperidine rings is 1. The van der Waals surface area contributed by atoms with Crippen molar-refractivity contribution in [2.75, 3.05) is 13.1 Å². The third-order valence-corrected chi connectivity index (χ3v) is 3.05. The summed E-state index contributed by atoms with van der Waals surface area (Å²) in [6, 6.07) is -0.0753. The van der Waals surface area contributed by atoms with E-state index in [0.29, 0.717) is 6.04 Å². The molecule has 0 aromatic carbocycles. The normalized spacial score (nSPS) is 26.0. The molecule has 4 nitrogen and oxygen atoms in total. The van der Waals surface area contributed by atoms with Crippen molar-refractivity contribution in [1.29, 1.82) is 0 Å². The van der Waals surface area contributed by atoms with Crippen molar-refractivity contribution in [3.05, 3.63) is 0 Å². The van der Waals surface area contributed by atoms with Crippen LogP contribution in [-0.2, 0) is 4.79 Å². The highest BCUT2D eigenvalue weighted by Crippen LogP contribution is 2.21. The molecule has 82 valence electrons. The number of hydrogen-bond donors (Lipinski definition) is 2. The van der Waals surface area contributed by atoms with Crippen LogP contribution in [0.1, 0.15) is 32.6 Å². The summed E-state index contributed by atoms with van der Waals surface area (Å²) in [6.45, 7) is 3.21. The van der Waals surface area contributed by atoms with Crippen LogP contribution in [0.15, 0.2) is 0 Å². The SMILES string of the molecule is CCC1CCCCN1C(CN)C(=O)O. The first kappa shape index (κ1) is 11.5. The third kappa shape index (κ3) is 2.45. The molecule has 1 saturated heterocycles. The second kappa shape index (κ2) is 5.32. The van der Waals surface area contributed by atoms with Gasteiger partial charge >= 0.3 is 5.97 Å². The van der Waals surface area contributed by atoms with Crippen LogP contribution in [-0.4, -0.2) is 41.1 Å². The van der Waals surface area contributed by atoms with Crippen LogP contribution in [0.3, 0.4) is 0 Å². The maximum absolute atomic E-state index is 11.0. The number of aliphatic carboxylic acids is 1. The van der Waals surface area contributed by atoms with Crippen LogP contribution in [0.5, 0.6) is 0 Å². The molecule has 0 bridgehead atoms. The van der Waals surface area contributed by atoms with Gasteiger partial charge in [-0.25, -0.2) is 0 Å². The van der Waals surface area contributed by atoms with Gasteiger partial charge in [0.2, 0.25) is 0 Å². The molecular weight excluding hydrogens is 180 g/mol. The van der Waals surface area contributed by atoms with E-state index in [9.17, 15) is 4.79 Å². The van der Waals surface area contributed by atoms with E-state index in [-0.39, 0.29) is 6.54 Å². The van der Waals surface area contributed by atoms with Gasteiger partial charge < -0.3 is 10.8 Å². The number of hydrogen-bond acceptors (Lipinski definition) is 3. The van der Waals surface area contributed by atoms with Gasteiger partial charge in [0, 0.05) is 12.6 Å². The standard InChI is InChI=1S/C10H20N2O2/c1-2-8-5-3-4-6-12(8)9(7-11)10(13)14/h8-9H,2-7,11H2,1H3,(H,13,14). The molecule has 0 aromatic rings. The van der Waals surface area contributed by atoms with E-state index in [2.05, 4.69) is 11.8 Å². The highest BCUT2D eigenvalue weighted by Gasteiger charge is 2.30. The molecule has 0 spiro atoms. The van der Waals surface area contributed by atoms with Crippen LogP contribution in [0.25, 0.3) is 0 Å². The molecule has 0 aliphatic carbocycles. The van der Waals surface area contributed by atoms with E-state index in [0.717, 1.165) is 25.8 Å². The second-order valence-corrected chi connectivity index (χ2v) is 3.89. The lowest BCUT2D eigenvalue weighted by Crippen LogP contribution is -2.52. The predicted molar refractivity (Wildman–Crippen MR) is 55.1 cm³/mol. The number of likely N-dealkylation sites (tertiary alicyclic amines) is 1. The lowest BCUT2D eigenvalue weighted by atomic mass is 9.98. The lowest BCUT2D eigenvalue weighted by Gasteiger charge is -2.38. The molecule has 2 unspecified atom stereocenters. The Bertz CT molecular complexity index is 197. The molecule has 4 heteroatoms. The Kier molecular flexibility index (Phi) is 4.35. The minimum Gasteiger partial charge on any atom is -0.480 e. The van der Waals surface area contributed by atoms with E-state index in [1.54, 1.807) is 0 Å². The Morgan fingerprint density at radius 3 is 2.86 bits per heavy atom. The monoisotopic (exact) mass is 200 g/mol. The molecule has 14 heavy (non-hydrogen) atoms. The summed E-state index contributed by atoms with van der Waals surface area (Å²) in [6.07, 6.45) is 4.44. The van der Waals surface area contributed by atoms with Crippen LogP contribution in [0.2, 0.25) is 0 Å². The molecule has 0 saturated carbocycles. The van der Waals surface area contributed by atoms with Crippen molar-refractivity contribution in [3.63, 3.8) is 0 Å². The zero-order valence-electron chi connectivity index (χ0n) is 8.78. The molecule has 1 aliphatic heterocycles. The van der Waals surface area contributed by atoms with Crippen LogP contribution in [0.4, 0.5) is 0 Å². The van der Waals surface area contributed by atoms with Gasteiger partial charge in [0.25, 0.3) is 0 Å². The van der Waals surface area contributed by atoms with Gasteiger partial charge in [-0.2, -0.15) is 0 Å². The summed E-state index contributed by atoms with van der Waals surface area (Å²) < 4.78 is 0. The quantitative estimate of drug-likeness (QED) is 0.699. The molecule has 0 amide bonds. The van der Waals surface area contributed by atoms with Crippen molar-refractivity contribution < 1.29 is 9.90 Å². The van der Waals surface area contributed by atoms with E-state index < -0.39 is 12.0 Å². The number of nitrogens with zero attached hydrogens (tertiary/aromatic N) is 1. The van der Waals surface area contributed by atoms with Crippen molar-refractivity contribution in [2.45, 2.75) is 44.7 Å². The minimum absolute atomic E-state index is 0.214. The first-order chi connectivity index (χ1) is 6.70. The Hall–Kier alpha value is -0.610. The molecule has 3 N–H and O–H groups in total. The highest BCUT2D eigenvalue weighted by molar-refractivity contribution is 5.73. The van der Waals surface area contributed by atoms with Gasteiger partial charge in [-0.05, 0) is 25.8 Å². The fourth-order valence-electron chi connectivity index (χ4n) is 2.25. The molecule has 1 heterocycles. The Morgan fingerprint density at radius 1 is 1.64 bits per heavy atom. The summed E-state index contributed by atoms with van der Waals surface area (Å²) in [7, 11) is 0. The largest absolute Gasteiger partial charge is 0.480 e. The first-order valence-electron chi connectivity index (χ1n) is 5.39. The molecule has 1 fully saturated rings. The van der Waals surface area contributed by atoms with E-state index in [4.69, 9.17) is 10.8 Å². The predicted octanol–water partition coefficient (Wildman–Crippen LogP) is 0.663. The number of carboxylic acid groups (broad SMARTS) is 1. The van der Waals surface area contributed by atoms with Gasteiger partial charge in [0.15, 0.2) is 0 Å². The summed E-state index contributed by atoms with van der Waals surface area (Å²) in [5, 5.41) is 9.02. The molecular formula is C10H20N2O2. The average Bonchev–Trinajstić information content (AvgIpc) is 2.19. The van der Waals surface area contributed by atoms with Crippen molar-refractivity contribution in [3.8, 4) is 0 Å². The number of carboxylic acids is 1. The fourth-order valence-corrected chi connectivity index (χ4v) is 2.25. The first-order valence-corrected chi connectivity index (χ1v) is 5.39. The smallest absolute Gasteiger partial charge is 0.322 e. The fraction of sp³-hybridized carbons (Fsp3) is 0.900. The topological polar surface area (TPSA) is 66.6 Å². The molecule has 1 aliphatic rings. The van der Waals surface area contributed by atoms with E-state index in [1.807, 2.05) is 0 Å². The van der Waals surface area contributed by atoms with Gasteiger partial charge in [0.05, 0.1) is 0 Å². The number of rotatable bonds is 4. The third-order valence-electron chi connectivity index (χ3n) is 3.05. The van der Waals surface area contributed by atoms with Gasteiger partial charge in [-0.1, -0.05) is 13.3 Å². The minimum atomic E-state index is -0.784. The Balaban J connectivity index is 2.65. The lowest BCUT2D eigenvalue weighted by molar-refractivity contribution is -0.144. The maximum atomic E-state index is 11.0. The van der Waals surface area contributed by atoms with Gasteiger partial charge in [-0.3, -0.25) is 9.69 Å². The Morgan fingerprint density at radius 2 is 2.36 bits per heavy atom. The maximum Gasteiger partial charge on any atom is 0.322 e. The number of carbonyl (C=O) groups is 1. The summed E-state index contributed by atoms with van der Waals surface area (Å²) in [5.41, 5.74) is 5.50. The van der Waals surface area contributed by atoms with Crippen molar-refractivity contribution in [1.82, 2.24) is 4.90 Å². The van der Waals surface area contributed by atoms with Gasteiger partial charge in [0.1, 0.15) is 6.04 Å². The average molecular weight is 200 g/mol. The zero-order chi connectivity index (χ0) is 10.6. The van der Waals surface area contributed by atoms with Crippen LogP contribution in [0, 0.1) is 0 Å². The zero-order valence-corrected chi connectivity index (χ0v) is 8.78.